The van der Waals surface area contributed by atoms with Crippen LogP contribution in [0.1, 0.15) is 16.1 Å². The van der Waals surface area contributed by atoms with Crippen molar-refractivity contribution >= 4 is 5.91 Å². The summed E-state index contributed by atoms with van der Waals surface area (Å²) in [5.41, 5.74) is 0.958. The number of carbonyl (C=O) groups excluding carboxylic acids is 1. The van der Waals surface area contributed by atoms with Crippen molar-refractivity contribution in [3.05, 3.63) is 48.0 Å². The van der Waals surface area contributed by atoms with Gasteiger partial charge in [0.25, 0.3) is 5.91 Å². The van der Waals surface area contributed by atoms with Crippen molar-refractivity contribution < 1.29 is 18.3 Å². The fourth-order valence-electron chi connectivity index (χ4n) is 1.68. The van der Waals surface area contributed by atoms with Crippen molar-refractivity contribution in [2.75, 3.05) is 6.54 Å². The molecule has 1 heterocycles. The van der Waals surface area contributed by atoms with E-state index in [-0.39, 0.29) is 11.3 Å². The summed E-state index contributed by atoms with van der Waals surface area (Å²) in [6, 6.07) is 5.88. The number of benzene rings is 1. The molecule has 0 atom stereocenters. The number of imidazole rings is 1. The van der Waals surface area contributed by atoms with Gasteiger partial charge in [0.15, 0.2) is 0 Å². The molecular formula is C13H13F2N3O2. The predicted molar refractivity (Wildman–Crippen MR) is 67.7 cm³/mol. The number of carbonyl (C=O) groups is 1. The van der Waals surface area contributed by atoms with Crippen LogP contribution >= 0.6 is 0 Å². The first-order valence-corrected chi connectivity index (χ1v) is 5.96. The van der Waals surface area contributed by atoms with E-state index in [1.807, 2.05) is 0 Å². The van der Waals surface area contributed by atoms with Crippen LogP contribution in [0.4, 0.5) is 8.78 Å². The van der Waals surface area contributed by atoms with Crippen LogP contribution in [-0.4, -0.2) is 29.0 Å². The number of hydrogen-bond donors (Lipinski definition) is 2. The Hall–Kier alpha value is -2.44. The quantitative estimate of drug-likeness (QED) is 0.851. The van der Waals surface area contributed by atoms with E-state index in [9.17, 15) is 13.6 Å². The normalized spacial score (nSPS) is 10.6. The highest BCUT2D eigenvalue weighted by atomic mass is 19.3. The molecule has 0 saturated carbocycles. The van der Waals surface area contributed by atoms with E-state index in [4.69, 9.17) is 0 Å². The highest BCUT2D eigenvalue weighted by Gasteiger charge is 2.14. The second-order valence-electron chi connectivity index (χ2n) is 3.96. The molecule has 0 aliphatic heterocycles. The second-order valence-corrected chi connectivity index (χ2v) is 3.96. The van der Waals surface area contributed by atoms with Crippen LogP contribution in [0, 0.1) is 0 Å². The van der Waals surface area contributed by atoms with Gasteiger partial charge in [-0.15, -0.1) is 0 Å². The molecule has 0 unspecified atom stereocenters. The summed E-state index contributed by atoms with van der Waals surface area (Å²) < 4.78 is 28.8. The number of amides is 1. The fraction of sp³-hybridized carbons (Fsp3) is 0.231. The fourth-order valence-corrected chi connectivity index (χ4v) is 1.68. The number of hydrogen-bond acceptors (Lipinski definition) is 3. The van der Waals surface area contributed by atoms with Crippen LogP contribution in [0.15, 0.2) is 36.8 Å². The number of nitrogens with one attached hydrogen (secondary N) is 2. The lowest BCUT2D eigenvalue weighted by atomic mass is 10.2. The molecule has 0 aliphatic rings. The molecule has 1 aromatic heterocycles. The molecule has 20 heavy (non-hydrogen) atoms. The highest BCUT2D eigenvalue weighted by Crippen LogP contribution is 2.19. The number of H-pyrrole nitrogens is 1. The van der Waals surface area contributed by atoms with Gasteiger partial charge in [-0.3, -0.25) is 4.79 Å². The Bertz CT molecular complexity index is 559. The molecule has 2 rings (SSSR count). The summed E-state index contributed by atoms with van der Waals surface area (Å²) in [6.45, 7) is -2.60. The van der Waals surface area contributed by atoms with Crippen LogP contribution in [0.2, 0.25) is 0 Å². The van der Waals surface area contributed by atoms with Crippen LogP contribution in [0.5, 0.6) is 5.75 Å². The number of nitrogens with zero attached hydrogens (tertiary/aromatic N) is 1. The van der Waals surface area contributed by atoms with Crippen molar-refractivity contribution in [2.24, 2.45) is 0 Å². The molecule has 5 nitrogen and oxygen atoms in total. The van der Waals surface area contributed by atoms with Gasteiger partial charge in [-0.25, -0.2) is 4.98 Å². The minimum Gasteiger partial charge on any atom is -0.434 e. The summed E-state index contributed by atoms with van der Waals surface area (Å²) in [4.78, 5) is 18.7. The molecule has 0 bridgehead atoms. The largest absolute Gasteiger partial charge is 0.434 e. The molecule has 106 valence electrons. The first-order valence-electron chi connectivity index (χ1n) is 5.96. The summed E-state index contributed by atoms with van der Waals surface area (Å²) >= 11 is 0. The third kappa shape index (κ3) is 3.78. The topological polar surface area (TPSA) is 67.0 Å². The minimum atomic E-state index is -2.96. The molecule has 0 spiro atoms. The van der Waals surface area contributed by atoms with Gasteiger partial charge >= 0.3 is 6.61 Å². The van der Waals surface area contributed by atoms with Gasteiger partial charge in [0.2, 0.25) is 0 Å². The van der Waals surface area contributed by atoms with Gasteiger partial charge in [-0.2, -0.15) is 8.78 Å². The number of ether oxygens (including phenoxy) is 1. The lowest BCUT2D eigenvalue weighted by Crippen LogP contribution is -2.26. The molecule has 7 heteroatoms. The maximum Gasteiger partial charge on any atom is 0.387 e. The maximum absolute atomic E-state index is 12.2. The molecule has 0 aliphatic carbocycles. The number of halogens is 2. The van der Waals surface area contributed by atoms with E-state index in [0.717, 1.165) is 5.69 Å². The minimum absolute atomic E-state index is 0.0809. The van der Waals surface area contributed by atoms with Gasteiger partial charge in [-0.05, 0) is 12.1 Å². The van der Waals surface area contributed by atoms with Gasteiger partial charge < -0.3 is 15.0 Å². The van der Waals surface area contributed by atoms with Crippen LogP contribution in [-0.2, 0) is 6.42 Å². The smallest absolute Gasteiger partial charge is 0.387 e. The van der Waals surface area contributed by atoms with E-state index >= 15 is 0 Å². The molecule has 2 aromatic rings. The number of alkyl halides is 2. The first kappa shape index (κ1) is 14.0. The van der Waals surface area contributed by atoms with Gasteiger partial charge in [0.05, 0.1) is 11.9 Å². The standard InChI is InChI=1S/C13H13F2N3O2/c14-13(15)20-11-4-2-1-3-10(11)12(19)17-6-5-9-7-16-8-18-9/h1-4,7-8,13H,5-6H2,(H,16,18)(H,17,19). The molecule has 0 saturated heterocycles. The van der Waals surface area contributed by atoms with E-state index in [2.05, 4.69) is 20.0 Å². The van der Waals surface area contributed by atoms with E-state index < -0.39 is 12.5 Å². The summed E-state index contributed by atoms with van der Waals surface area (Å²) in [5.74, 6) is -0.595. The summed E-state index contributed by atoms with van der Waals surface area (Å²) in [5, 5.41) is 2.64. The van der Waals surface area contributed by atoms with Crippen molar-refractivity contribution in [1.82, 2.24) is 15.3 Å². The SMILES string of the molecule is O=C(NCCc1cnc[nH]1)c1ccccc1OC(F)F. The van der Waals surface area contributed by atoms with Crippen LogP contribution in [0.3, 0.4) is 0 Å². The van der Waals surface area contributed by atoms with Crippen molar-refractivity contribution in [3.8, 4) is 5.75 Å². The van der Waals surface area contributed by atoms with Crippen molar-refractivity contribution in [2.45, 2.75) is 13.0 Å². The monoisotopic (exact) mass is 281 g/mol. The number of aromatic amines is 1. The van der Waals surface area contributed by atoms with Crippen LogP contribution < -0.4 is 10.1 Å². The van der Waals surface area contributed by atoms with E-state index in [1.54, 1.807) is 18.6 Å². The Morgan fingerprint density at radius 3 is 2.90 bits per heavy atom. The summed E-state index contributed by atoms with van der Waals surface area (Å²) in [7, 11) is 0. The average molecular weight is 281 g/mol. The van der Waals surface area contributed by atoms with E-state index in [1.165, 1.54) is 18.2 Å². The Labute approximate surface area is 114 Å². The lowest BCUT2D eigenvalue weighted by Gasteiger charge is -2.10. The third-order valence-corrected chi connectivity index (χ3v) is 2.58. The highest BCUT2D eigenvalue weighted by molar-refractivity contribution is 5.96. The molecule has 1 aromatic carbocycles. The zero-order chi connectivity index (χ0) is 14.4. The first-order chi connectivity index (χ1) is 9.66. The zero-order valence-electron chi connectivity index (χ0n) is 10.5. The Morgan fingerprint density at radius 2 is 2.20 bits per heavy atom. The Kier molecular flexibility index (Phi) is 4.65. The Morgan fingerprint density at radius 1 is 1.40 bits per heavy atom. The average Bonchev–Trinajstić information content (AvgIpc) is 2.91. The van der Waals surface area contributed by atoms with E-state index in [0.29, 0.717) is 13.0 Å². The zero-order valence-corrected chi connectivity index (χ0v) is 10.5. The van der Waals surface area contributed by atoms with Crippen molar-refractivity contribution in [1.29, 1.82) is 0 Å². The molecule has 0 radical (unpaired) electrons. The van der Waals surface area contributed by atoms with Crippen LogP contribution in [0.25, 0.3) is 0 Å². The predicted octanol–water partition coefficient (Wildman–Crippen LogP) is 1.98. The molecular weight excluding hydrogens is 268 g/mol. The molecule has 2 N–H and O–H groups in total. The van der Waals surface area contributed by atoms with Gasteiger partial charge in [-0.1, -0.05) is 12.1 Å². The third-order valence-electron chi connectivity index (χ3n) is 2.58. The van der Waals surface area contributed by atoms with Gasteiger partial charge in [0, 0.05) is 24.9 Å². The number of para-hydroxylation sites is 1. The number of rotatable bonds is 6. The molecule has 0 fully saturated rings. The van der Waals surface area contributed by atoms with Crippen molar-refractivity contribution in [3.63, 3.8) is 0 Å². The lowest BCUT2D eigenvalue weighted by molar-refractivity contribution is -0.0501. The maximum atomic E-state index is 12.2. The second kappa shape index (κ2) is 6.65. The number of aromatic nitrogens is 2. The Balaban J connectivity index is 1.94. The van der Waals surface area contributed by atoms with Gasteiger partial charge in [0.1, 0.15) is 5.75 Å². The molecule has 1 amide bonds. The summed E-state index contributed by atoms with van der Waals surface area (Å²) in [6.07, 6.45) is 3.77.